The number of aryl methyl sites for hydroxylation is 1. The number of amides is 2. The molecule has 1 aromatic carbocycles. The number of rotatable bonds is 7. The molecule has 0 fully saturated rings. The fraction of sp³-hybridized carbons (Fsp3) is 0.312. The van der Waals surface area contributed by atoms with Crippen LogP contribution in [0.2, 0.25) is 0 Å². The van der Waals surface area contributed by atoms with Gasteiger partial charge in [0.05, 0.1) is 11.0 Å². The number of aromatic nitrogens is 1. The van der Waals surface area contributed by atoms with Crippen LogP contribution in [0.5, 0.6) is 0 Å². The van der Waals surface area contributed by atoms with Crippen molar-refractivity contribution in [1.82, 2.24) is 10.5 Å². The van der Waals surface area contributed by atoms with E-state index in [9.17, 15) is 14.0 Å². The molecule has 0 bridgehead atoms. The van der Waals surface area contributed by atoms with E-state index in [0.29, 0.717) is 18.1 Å². The monoisotopic (exact) mass is 351 g/mol. The van der Waals surface area contributed by atoms with E-state index in [0.717, 1.165) is 5.56 Å². The van der Waals surface area contributed by atoms with Crippen LogP contribution in [-0.4, -0.2) is 28.0 Å². The van der Waals surface area contributed by atoms with Crippen LogP contribution < -0.4 is 10.6 Å². The SMILES string of the molecule is Cc1cc(NC(=O)C(C)SCC(=O)NCc2ccc(F)cc2)no1. The summed E-state index contributed by atoms with van der Waals surface area (Å²) in [7, 11) is 0. The lowest BCUT2D eigenvalue weighted by atomic mass is 10.2. The lowest BCUT2D eigenvalue weighted by molar-refractivity contribution is -0.118. The first-order valence-corrected chi connectivity index (χ1v) is 8.36. The van der Waals surface area contributed by atoms with Gasteiger partial charge in [0.2, 0.25) is 11.8 Å². The second-order valence-corrected chi connectivity index (χ2v) is 6.50. The van der Waals surface area contributed by atoms with Gasteiger partial charge in [0.1, 0.15) is 11.6 Å². The second-order valence-electron chi connectivity index (χ2n) is 5.17. The molecular formula is C16H18FN3O3S. The van der Waals surface area contributed by atoms with Crippen molar-refractivity contribution in [1.29, 1.82) is 0 Å². The number of nitrogens with one attached hydrogen (secondary N) is 2. The Balaban J connectivity index is 1.70. The van der Waals surface area contributed by atoms with Crippen molar-refractivity contribution in [3.05, 3.63) is 47.5 Å². The van der Waals surface area contributed by atoms with E-state index < -0.39 is 5.25 Å². The first-order chi connectivity index (χ1) is 11.4. The summed E-state index contributed by atoms with van der Waals surface area (Å²) in [5.41, 5.74) is 0.807. The Hall–Kier alpha value is -2.35. The van der Waals surface area contributed by atoms with E-state index in [-0.39, 0.29) is 23.4 Å². The molecule has 1 atom stereocenters. The first-order valence-electron chi connectivity index (χ1n) is 7.31. The van der Waals surface area contributed by atoms with Crippen molar-refractivity contribution in [3.63, 3.8) is 0 Å². The van der Waals surface area contributed by atoms with Crippen molar-refractivity contribution < 1.29 is 18.5 Å². The Morgan fingerprint density at radius 2 is 2.04 bits per heavy atom. The molecule has 0 saturated carbocycles. The Bertz CT molecular complexity index is 703. The van der Waals surface area contributed by atoms with Gasteiger partial charge in [-0.15, -0.1) is 11.8 Å². The number of hydrogen-bond acceptors (Lipinski definition) is 5. The molecule has 0 saturated heterocycles. The zero-order valence-corrected chi connectivity index (χ0v) is 14.2. The highest BCUT2D eigenvalue weighted by Gasteiger charge is 2.16. The quantitative estimate of drug-likeness (QED) is 0.801. The Kier molecular flexibility index (Phi) is 6.36. The molecule has 1 unspecified atom stereocenters. The average Bonchev–Trinajstić information content (AvgIpc) is 2.96. The maximum absolute atomic E-state index is 12.8. The molecule has 2 rings (SSSR count). The summed E-state index contributed by atoms with van der Waals surface area (Å²) in [5.74, 6) is 0.341. The minimum Gasteiger partial charge on any atom is -0.360 e. The van der Waals surface area contributed by atoms with E-state index in [2.05, 4.69) is 15.8 Å². The highest BCUT2D eigenvalue weighted by molar-refractivity contribution is 8.01. The third kappa shape index (κ3) is 5.69. The predicted octanol–water partition coefficient (Wildman–Crippen LogP) is 2.50. The van der Waals surface area contributed by atoms with Crippen molar-refractivity contribution in [2.75, 3.05) is 11.1 Å². The summed E-state index contributed by atoms with van der Waals surface area (Å²) in [5, 5.41) is 8.60. The average molecular weight is 351 g/mol. The van der Waals surface area contributed by atoms with Gasteiger partial charge in [-0.2, -0.15) is 0 Å². The molecule has 1 aromatic heterocycles. The molecule has 0 aliphatic heterocycles. The molecule has 0 aliphatic carbocycles. The van der Waals surface area contributed by atoms with Gasteiger partial charge in [-0.05, 0) is 31.5 Å². The maximum Gasteiger partial charge on any atom is 0.238 e. The van der Waals surface area contributed by atoms with E-state index in [1.165, 1.54) is 23.9 Å². The van der Waals surface area contributed by atoms with Gasteiger partial charge >= 0.3 is 0 Å². The zero-order chi connectivity index (χ0) is 17.5. The standard InChI is InChI=1S/C16H18FN3O3S/c1-10-7-14(20-23-10)19-16(22)11(2)24-9-15(21)18-8-12-3-5-13(17)6-4-12/h3-7,11H,8-9H2,1-2H3,(H,18,21)(H,19,20,22). The van der Waals surface area contributed by atoms with E-state index >= 15 is 0 Å². The number of hydrogen-bond donors (Lipinski definition) is 2. The van der Waals surface area contributed by atoms with Crippen molar-refractivity contribution in [2.45, 2.75) is 25.6 Å². The van der Waals surface area contributed by atoms with Crippen LogP contribution in [0.4, 0.5) is 10.2 Å². The molecule has 0 spiro atoms. The number of anilines is 1. The van der Waals surface area contributed by atoms with E-state index in [1.807, 2.05) is 0 Å². The minimum atomic E-state index is -0.418. The van der Waals surface area contributed by atoms with E-state index in [4.69, 9.17) is 4.52 Å². The highest BCUT2D eigenvalue weighted by atomic mass is 32.2. The fourth-order valence-corrected chi connectivity index (χ4v) is 2.50. The van der Waals surface area contributed by atoms with Crippen LogP contribution in [0.1, 0.15) is 18.2 Å². The molecule has 24 heavy (non-hydrogen) atoms. The number of benzene rings is 1. The molecule has 8 heteroatoms. The normalized spacial score (nSPS) is 11.8. The lowest BCUT2D eigenvalue weighted by Gasteiger charge is -2.10. The smallest absolute Gasteiger partial charge is 0.238 e. The third-order valence-electron chi connectivity index (χ3n) is 3.12. The van der Waals surface area contributed by atoms with Crippen molar-refractivity contribution >= 4 is 29.4 Å². The minimum absolute atomic E-state index is 0.146. The summed E-state index contributed by atoms with van der Waals surface area (Å²) in [6.07, 6.45) is 0. The third-order valence-corrected chi connectivity index (χ3v) is 4.26. The molecule has 0 radical (unpaired) electrons. The van der Waals surface area contributed by atoms with Gasteiger partial charge in [-0.1, -0.05) is 17.3 Å². The van der Waals surface area contributed by atoms with Gasteiger partial charge in [-0.3, -0.25) is 9.59 Å². The molecular weight excluding hydrogens is 333 g/mol. The largest absolute Gasteiger partial charge is 0.360 e. The molecule has 2 aromatic rings. The van der Waals surface area contributed by atoms with Crippen molar-refractivity contribution in [3.8, 4) is 0 Å². The maximum atomic E-state index is 12.8. The summed E-state index contributed by atoms with van der Waals surface area (Å²) in [4.78, 5) is 23.8. The zero-order valence-electron chi connectivity index (χ0n) is 13.3. The van der Waals surface area contributed by atoms with Crippen molar-refractivity contribution in [2.24, 2.45) is 0 Å². The van der Waals surface area contributed by atoms with Gasteiger partial charge in [0.25, 0.3) is 0 Å². The van der Waals surface area contributed by atoms with E-state index in [1.54, 1.807) is 32.0 Å². The Morgan fingerprint density at radius 1 is 1.33 bits per heavy atom. The lowest BCUT2D eigenvalue weighted by Crippen LogP contribution is -2.28. The number of carbonyl (C=O) groups is 2. The fourth-order valence-electron chi connectivity index (χ4n) is 1.78. The molecule has 0 aliphatic rings. The number of carbonyl (C=O) groups excluding carboxylic acids is 2. The number of thioether (sulfide) groups is 1. The van der Waals surface area contributed by atoms with Crippen LogP contribution in [0.25, 0.3) is 0 Å². The van der Waals surface area contributed by atoms with Gasteiger partial charge < -0.3 is 15.2 Å². The highest BCUT2D eigenvalue weighted by Crippen LogP contribution is 2.14. The molecule has 2 N–H and O–H groups in total. The summed E-state index contributed by atoms with van der Waals surface area (Å²) in [6.45, 7) is 3.75. The number of nitrogens with zero attached hydrogens (tertiary/aromatic N) is 1. The molecule has 6 nitrogen and oxygen atoms in total. The Morgan fingerprint density at radius 3 is 2.67 bits per heavy atom. The van der Waals surface area contributed by atoms with Crippen LogP contribution in [0.3, 0.4) is 0 Å². The Labute approximate surface area is 143 Å². The molecule has 128 valence electrons. The predicted molar refractivity (Wildman–Crippen MR) is 90.0 cm³/mol. The van der Waals surface area contributed by atoms with Crippen LogP contribution in [0, 0.1) is 12.7 Å². The van der Waals surface area contributed by atoms with Gasteiger partial charge in [0.15, 0.2) is 5.82 Å². The topological polar surface area (TPSA) is 84.2 Å². The van der Waals surface area contributed by atoms with Gasteiger partial charge in [0, 0.05) is 12.6 Å². The molecule has 2 amide bonds. The van der Waals surface area contributed by atoms with Gasteiger partial charge in [-0.25, -0.2) is 4.39 Å². The first kappa shape index (κ1) is 18.0. The second kappa shape index (κ2) is 8.49. The van der Waals surface area contributed by atoms with Crippen LogP contribution in [-0.2, 0) is 16.1 Å². The van der Waals surface area contributed by atoms with Crippen LogP contribution in [0.15, 0.2) is 34.9 Å². The summed E-state index contributed by atoms with van der Waals surface area (Å²) < 4.78 is 17.7. The summed E-state index contributed by atoms with van der Waals surface area (Å²) in [6, 6.07) is 7.52. The molecule has 1 heterocycles. The summed E-state index contributed by atoms with van der Waals surface area (Å²) >= 11 is 1.21. The van der Waals surface area contributed by atoms with Crippen LogP contribution >= 0.6 is 11.8 Å². The number of halogens is 1.